The number of carbonyl (C=O) groups is 2. The second-order valence-electron chi connectivity index (χ2n) is 3.92. The highest BCUT2D eigenvalue weighted by atomic mass is 35.5. The summed E-state index contributed by atoms with van der Waals surface area (Å²) in [6, 6.07) is 6.73. The predicted molar refractivity (Wildman–Crippen MR) is 87.0 cm³/mol. The van der Waals surface area contributed by atoms with E-state index in [9.17, 15) is 9.59 Å². The molecule has 0 atom stereocenters. The zero-order valence-corrected chi connectivity index (χ0v) is 13.3. The van der Waals surface area contributed by atoms with E-state index in [2.05, 4.69) is 5.32 Å². The van der Waals surface area contributed by atoms with E-state index >= 15 is 0 Å². The molecule has 7 heteroatoms. The van der Waals surface area contributed by atoms with Crippen molar-refractivity contribution >= 4 is 47.5 Å². The fraction of sp³-hybridized carbons (Fsp3) is 0.385. The zero-order chi connectivity index (χ0) is 14.1. The smallest absolute Gasteiger partial charge is 0.230 e. The van der Waals surface area contributed by atoms with Crippen LogP contribution in [0.5, 0.6) is 0 Å². The largest absolute Gasteiger partial charge is 0.355 e. The first-order valence-electron chi connectivity index (χ1n) is 5.96. The van der Waals surface area contributed by atoms with Gasteiger partial charge in [0.05, 0.1) is 11.5 Å². The summed E-state index contributed by atoms with van der Waals surface area (Å²) in [6.45, 7) is 1.14. The van der Waals surface area contributed by atoms with Crippen molar-refractivity contribution in [3.05, 3.63) is 34.9 Å². The van der Waals surface area contributed by atoms with Crippen LogP contribution >= 0.6 is 35.8 Å². The van der Waals surface area contributed by atoms with Gasteiger partial charge in [0, 0.05) is 17.1 Å². The highest BCUT2D eigenvalue weighted by Gasteiger charge is 2.07. The van der Waals surface area contributed by atoms with Crippen LogP contribution in [-0.2, 0) is 4.79 Å². The lowest BCUT2D eigenvalue weighted by molar-refractivity contribution is -0.118. The molecular weight excluding hydrogens is 319 g/mol. The molecule has 0 spiro atoms. The Morgan fingerprint density at radius 3 is 2.45 bits per heavy atom. The highest BCUT2D eigenvalue weighted by molar-refractivity contribution is 8.00. The lowest BCUT2D eigenvalue weighted by Gasteiger charge is -2.04. The van der Waals surface area contributed by atoms with Crippen LogP contribution in [0.2, 0.25) is 5.02 Å². The number of halogens is 2. The van der Waals surface area contributed by atoms with E-state index in [-0.39, 0.29) is 35.6 Å². The van der Waals surface area contributed by atoms with Crippen molar-refractivity contribution in [2.45, 2.75) is 6.42 Å². The fourth-order valence-corrected chi connectivity index (χ4v) is 2.20. The molecule has 0 unspecified atom stereocenters. The average molecular weight is 337 g/mol. The normalized spacial score (nSPS) is 9.70. The molecule has 0 aliphatic rings. The van der Waals surface area contributed by atoms with E-state index in [1.807, 2.05) is 0 Å². The van der Waals surface area contributed by atoms with Gasteiger partial charge in [0.1, 0.15) is 0 Å². The summed E-state index contributed by atoms with van der Waals surface area (Å²) in [4.78, 5) is 23.2. The Morgan fingerprint density at radius 2 is 1.85 bits per heavy atom. The third kappa shape index (κ3) is 7.75. The summed E-state index contributed by atoms with van der Waals surface area (Å²) in [5, 5.41) is 3.34. The van der Waals surface area contributed by atoms with Crippen LogP contribution in [0.15, 0.2) is 24.3 Å². The molecule has 112 valence electrons. The molecule has 1 rings (SSSR count). The molecule has 0 saturated heterocycles. The molecular formula is C13H18Cl2N2O2S. The maximum atomic E-state index is 11.8. The van der Waals surface area contributed by atoms with Crippen LogP contribution in [0, 0.1) is 0 Å². The predicted octanol–water partition coefficient (Wildman–Crippen LogP) is 2.14. The Kier molecular flexibility index (Phi) is 10.6. The highest BCUT2D eigenvalue weighted by Crippen LogP contribution is 2.12. The first kappa shape index (κ1) is 19.2. The van der Waals surface area contributed by atoms with Crippen molar-refractivity contribution in [3.63, 3.8) is 0 Å². The van der Waals surface area contributed by atoms with E-state index in [0.717, 1.165) is 6.42 Å². The average Bonchev–Trinajstić information content (AvgIpc) is 2.39. The second-order valence-corrected chi connectivity index (χ2v) is 5.34. The summed E-state index contributed by atoms with van der Waals surface area (Å²) in [5.74, 6) is 0.495. The van der Waals surface area contributed by atoms with Gasteiger partial charge in [-0.2, -0.15) is 0 Å². The molecule has 1 aromatic rings. The number of carbonyl (C=O) groups excluding carboxylic acids is 2. The number of nitrogens with one attached hydrogen (secondary N) is 1. The van der Waals surface area contributed by atoms with E-state index < -0.39 is 0 Å². The van der Waals surface area contributed by atoms with Gasteiger partial charge in [-0.05, 0) is 37.2 Å². The summed E-state index contributed by atoms with van der Waals surface area (Å²) in [6.07, 6.45) is 0.764. The maximum Gasteiger partial charge on any atom is 0.230 e. The van der Waals surface area contributed by atoms with Gasteiger partial charge in [-0.15, -0.1) is 24.2 Å². The third-order valence-corrected chi connectivity index (χ3v) is 3.52. The van der Waals surface area contributed by atoms with Crippen molar-refractivity contribution in [2.24, 2.45) is 5.73 Å². The Labute approximate surface area is 134 Å². The molecule has 0 aromatic heterocycles. The molecule has 0 aliphatic carbocycles. The van der Waals surface area contributed by atoms with E-state index in [0.29, 0.717) is 23.7 Å². The van der Waals surface area contributed by atoms with E-state index in [1.165, 1.54) is 11.8 Å². The van der Waals surface area contributed by atoms with E-state index in [1.54, 1.807) is 24.3 Å². The number of nitrogens with two attached hydrogens (primary N) is 1. The fourth-order valence-electron chi connectivity index (χ4n) is 1.34. The number of amides is 1. The van der Waals surface area contributed by atoms with Crippen LogP contribution in [0.3, 0.4) is 0 Å². The number of hydrogen-bond donors (Lipinski definition) is 2. The van der Waals surface area contributed by atoms with Crippen molar-refractivity contribution < 1.29 is 9.59 Å². The van der Waals surface area contributed by atoms with Crippen LogP contribution in [-0.4, -0.2) is 36.3 Å². The Morgan fingerprint density at radius 1 is 1.20 bits per heavy atom. The van der Waals surface area contributed by atoms with Crippen LogP contribution in [0.25, 0.3) is 0 Å². The van der Waals surface area contributed by atoms with Gasteiger partial charge in [-0.25, -0.2) is 0 Å². The molecule has 4 nitrogen and oxygen atoms in total. The second kappa shape index (κ2) is 11.0. The lowest BCUT2D eigenvalue weighted by atomic mass is 10.1. The van der Waals surface area contributed by atoms with Gasteiger partial charge in [-0.3, -0.25) is 9.59 Å². The van der Waals surface area contributed by atoms with Crippen molar-refractivity contribution in [2.75, 3.05) is 24.6 Å². The van der Waals surface area contributed by atoms with Crippen molar-refractivity contribution in [1.29, 1.82) is 0 Å². The number of thioether (sulfide) groups is 1. The summed E-state index contributed by atoms with van der Waals surface area (Å²) < 4.78 is 0. The molecule has 3 N–H and O–H groups in total. The quantitative estimate of drug-likeness (QED) is 0.563. The van der Waals surface area contributed by atoms with Gasteiger partial charge < -0.3 is 11.1 Å². The van der Waals surface area contributed by atoms with Crippen molar-refractivity contribution in [1.82, 2.24) is 5.32 Å². The number of hydrogen-bond acceptors (Lipinski definition) is 4. The summed E-state index contributed by atoms with van der Waals surface area (Å²) >= 11 is 7.05. The minimum Gasteiger partial charge on any atom is -0.355 e. The first-order valence-corrected chi connectivity index (χ1v) is 7.50. The minimum atomic E-state index is -0.0673. The molecule has 20 heavy (non-hydrogen) atoms. The summed E-state index contributed by atoms with van der Waals surface area (Å²) in [5.41, 5.74) is 5.93. The van der Waals surface area contributed by atoms with Crippen LogP contribution < -0.4 is 11.1 Å². The standard InChI is InChI=1S/C13H17ClN2O2S.ClH/c14-11-4-2-10(3-5-11)12(17)8-19-9-13(18)16-7-1-6-15;/h2-5H,1,6-9,15H2,(H,16,18);1H. The Hall–Kier alpha value is -0.750. The number of rotatable bonds is 8. The van der Waals surface area contributed by atoms with Gasteiger partial charge in [0.15, 0.2) is 5.78 Å². The number of Topliss-reactive ketones (excluding diaryl/α,β-unsaturated/α-hetero) is 1. The number of benzene rings is 1. The summed E-state index contributed by atoms with van der Waals surface area (Å²) in [7, 11) is 0. The van der Waals surface area contributed by atoms with Crippen LogP contribution in [0.4, 0.5) is 0 Å². The molecule has 1 aromatic carbocycles. The Bertz CT molecular complexity index is 427. The maximum absolute atomic E-state index is 11.8. The zero-order valence-electron chi connectivity index (χ0n) is 10.9. The molecule has 0 radical (unpaired) electrons. The van der Waals surface area contributed by atoms with Gasteiger partial charge in [0.25, 0.3) is 0 Å². The lowest BCUT2D eigenvalue weighted by Crippen LogP contribution is -2.27. The topological polar surface area (TPSA) is 72.2 Å². The minimum absolute atomic E-state index is 0. The van der Waals surface area contributed by atoms with Crippen LogP contribution in [0.1, 0.15) is 16.8 Å². The number of ketones is 1. The first-order chi connectivity index (χ1) is 9.13. The molecule has 1 amide bonds. The van der Waals surface area contributed by atoms with E-state index in [4.69, 9.17) is 17.3 Å². The molecule has 0 bridgehead atoms. The van der Waals surface area contributed by atoms with Gasteiger partial charge in [-0.1, -0.05) is 11.6 Å². The monoisotopic (exact) mass is 336 g/mol. The SMILES string of the molecule is Cl.NCCCNC(=O)CSCC(=O)c1ccc(Cl)cc1. The molecule has 0 saturated carbocycles. The molecule has 0 aliphatic heterocycles. The van der Waals surface area contributed by atoms with Gasteiger partial charge in [0.2, 0.25) is 5.91 Å². The third-order valence-electron chi connectivity index (χ3n) is 2.34. The van der Waals surface area contributed by atoms with Crippen molar-refractivity contribution in [3.8, 4) is 0 Å². The molecule has 0 fully saturated rings. The van der Waals surface area contributed by atoms with Gasteiger partial charge >= 0.3 is 0 Å². The molecule has 0 heterocycles. The Balaban J connectivity index is 0.00000361.